The molecule has 0 aromatic carbocycles. The highest BCUT2D eigenvalue weighted by molar-refractivity contribution is 4.67. The predicted octanol–water partition coefficient (Wildman–Crippen LogP) is 6.73. The van der Waals surface area contributed by atoms with Gasteiger partial charge in [0.15, 0.2) is 0 Å². The highest BCUT2D eigenvalue weighted by Gasteiger charge is 2.15. The molecule has 0 unspecified atom stereocenters. The summed E-state index contributed by atoms with van der Waals surface area (Å²) in [6.07, 6.45) is 17.2. The van der Waals surface area contributed by atoms with Crippen molar-refractivity contribution >= 4 is 0 Å². The van der Waals surface area contributed by atoms with E-state index in [9.17, 15) is 0 Å². The first-order valence-corrected chi connectivity index (χ1v) is 8.12. The Morgan fingerprint density at radius 3 is 1.47 bits per heavy atom. The van der Waals surface area contributed by atoms with Gasteiger partial charge in [0.2, 0.25) is 0 Å². The van der Waals surface area contributed by atoms with Crippen LogP contribution in [0.5, 0.6) is 0 Å². The van der Waals surface area contributed by atoms with Gasteiger partial charge in [-0.15, -0.1) is 0 Å². The van der Waals surface area contributed by atoms with Crippen molar-refractivity contribution < 1.29 is 0 Å². The second-order valence-corrected chi connectivity index (χ2v) is 6.49. The molecule has 0 atom stereocenters. The van der Waals surface area contributed by atoms with Gasteiger partial charge in [-0.1, -0.05) is 91.9 Å². The Balaban J connectivity index is 3.18. The first kappa shape index (κ1) is 17.0. The fraction of sp³-hybridized carbons (Fsp3) is 1.00. The molecule has 0 heteroatoms. The average Bonchev–Trinajstić information content (AvgIpc) is 2.27. The lowest BCUT2D eigenvalue weighted by Crippen LogP contribution is -2.10. The molecular formula is C17H36. The van der Waals surface area contributed by atoms with Crippen LogP contribution in [0.25, 0.3) is 0 Å². The number of hydrogen-bond acceptors (Lipinski definition) is 0. The summed E-state index contributed by atoms with van der Waals surface area (Å²) in [6.45, 7) is 9.46. The fourth-order valence-corrected chi connectivity index (χ4v) is 2.72. The third-order valence-corrected chi connectivity index (χ3v) is 3.88. The molecule has 0 radical (unpaired) electrons. The summed E-state index contributed by atoms with van der Waals surface area (Å²) >= 11 is 0. The van der Waals surface area contributed by atoms with Crippen molar-refractivity contribution in [3.8, 4) is 0 Å². The zero-order chi connectivity index (χ0) is 13.0. The van der Waals surface area contributed by atoms with Gasteiger partial charge in [0.05, 0.1) is 0 Å². The van der Waals surface area contributed by atoms with Gasteiger partial charge in [0.25, 0.3) is 0 Å². The third kappa shape index (κ3) is 12.2. The molecule has 0 saturated carbocycles. The van der Waals surface area contributed by atoms with Gasteiger partial charge in [-0.25, -0.2) is 0 Å². The number of unbranched alkanes of at least 4 members (excludes halogenated alkanes) is 8. The molecule has 0 aliphatic heterocycles. The summed E-state index contributed by atoms with van der Waals surface area (Å²) in [5.41, 5.74) is 0.593. The molecule has 0 nitrogen and oxygen atoms in total. The molecule has 0 saturated heterocycles. The second kappa shape index (κ2) is 11.1. The Hall–Kier alpha value is 0. The highest BCUT2D eigenvalue weighted by atomic mass is 14.2. The molecule has 0 aromatic rings. The Labute approximate surface area is 111 Å². The Morgan fingerprint density at radius 2 is 1.00 bits per heavy atom. The van der Waals surface area contributed by atoms with E-state index in [1.807, 2.05) is 0 Å². The molecule has 0 N–H and O–H groups in total. The van der Waals surface area contributed by atoms with Crippen LogP contribution in [-0.4, -0.2) is 0 Å². The lowest BCUT2D eigenvalue weighted by Gasteiger charge is -2.23. The monoisotopic (exact) mass is 240 g/mol. The van der Waals surface area contributed by atoms with E-state index < -0.39 is 0 Å². The van der Waals surface area contributed by atoms with Gasteiger partial charge >= 0.3 is 0 Å². The Morgan fingerprint density at radius 1 is 0.529 bits per heavy atom. The highest BCUT2D eigenvalue weighted by Crippen LogP contribution is 2.29. The van der Waals surface area contributed by atoms with Gasteiger partial charge in [-0.3, -0.25) is 0 Å². The fourth-order valence-electron chi connectivity index (χ4n) is 2.72. The minimum Gasteiger partial charge on any atom is -0.0654 e. The van der Waals surface area contributed by atoms with Crippen LogP contribution in [-0.2, 0) is 0 Å². The molecule has 0 heterocycles. The SMILES string of the molecule is CCCCCCCCCCCC(C)(C)CCC. The Kier molecular flexibility index (Phi) is 11.1. The maximum Gasteiger partial charge on any atom is -0.0354 e. The minimum absolute atomic E-state index is 0.593. The first-order chi connectivity index (χ1) is 8.12. The van der Waals surface area contributed by atoms with Gasteiger partial charge in [0, 0.05) is 0 Å². The van der Waals surface area contributed by atoms with Crippen LogP contribution in [0.4, 0.5) is 0 Å². The second-order valence-electron chi connectivity index (χ2n) is 6.49. The van der Waals surface area contributed by atoms with Crippen molar-refractivity contribution in [3.63, 3.8) is 0 Å². The molecule has 17 heavy (non-hydrogen) atoms. The van der Waals surface area contributed by atoms with E-state index in [0.29, 0.717) is 5.41 Å². The minimum atomic E-state index is 0.593. The van der Waals surface area contributed by atoms with Crippen molar-refractivity contribution in [2.75, 3.05) is 0 Å². The molecule has 104 valence electrons. The van der Waals surface area contributed by atoms with Gasteiger partial charge in [-0.05, 0) is 18.3 Å². The van der Waals surface area contributed by atoms with Crippen LogP contribution in [0, 0.1) is 5.41 Å². The van der Waals surface area contributed by atoms with Crippen LogP contribution in [0.1, 0.15) is 105 Å². The van der Waals surface area contributed by atoms with Crippen molar-refractivity contribution in [2.24, 2.45) is 5.41 Å². The summed E-state index contributed by atoms with van der Waals surface area (Å²) in [4.78, 5) is 0. The standard InChI is InChI=1S/C17H36/c1-5-7-8-9-10-11-12-13-14-16-17(3,4)15-6-2/h5-16H2,1-4H3. The van der Waals surface area contributed by atoms with Crippen molar-refractivity contribution in [1.82, 2.24) is 0 Å². The van der Waals surface area contributed by atoms with Gasteiger partial charge in [0.1, 0.15) is 0 Å². The zero-order valence-electron chi connectivity index (χ0n) is 13.0. The lowest BCUT2D eigenvalue weighted by molar-refractivity contribution is 0.291. The number of rotatable bonds is 12. The van der Waals surface area contributed by atoms with E-state index in [-0.39, 0.29) is 0 Å². The zero-order valence-corrected chi connectivity index (χ0v) is 13.0. The molecule has 0 rings (SSSR count). The Bertz CT molecular complexity index is 146. The molecule has 0 amide bonds. The van der Waals surface area contributed by atoms with Crippen LogP contribution in [0.3, 0.4) is 0 Å². The van der Waals surface area contributed by atoms with E-state index in [4.69, 9.17) is 0 Å². The van der Waals surface area contributed by atoms with Crippen molar-refractivity contribution in [3.05, 3.63) is 0 Å². The first-order valence-electron chi connectivity index (χ1n) is 8.12. The maximum absolute atomic E-state index is 2.43. The van der Waals surface area contributed by atoms with E-state index >= 15 is 0 Å². The molecule has 0 bridgehead atoms. The van der Waals surface area contributed by atoms with Gasteiger partial charge in [-0.2, -0.15) is 0 Å². The van der Waals surface area contributed by atoms with Crippen LogP contribution in [0.15, 0.2) is 0 Å². The summed E-state index contributed by atoms with van der Waals surface area (Å²) in [5.74, 6) is 0. The molecule has 0 aromatic heterocycles. The summed E-state index contributed by atoms with van der Waals surface area (Å²) in [6, 6.07) is 0. The normalized spacial score (nSPS) is 12.0. The van der Waals surface area contributed by atoms with E-state index in [1.165, 1.54) is 77.0 Å². The predicted molar refractivity (Wildman–Crippen MR) is 80.5 cm³/mol. The van der Waals surface area contributed by atoms with Crippen LogP contribution >= 0.6 is 0 Å². The lowest BCUT2D eigenvalue weighted by atomic mass is 9.83. The maximum atomic E-state index is 2.43. The number of hydrogen-bond donors (Lipinski definition) is 0. The quantitative estimate of drug-likeness (QED) is 0.332. The summed E-state index contributed by atoms with van der Waals surface area (Å²) in [5, 5.41) is 0. The van der Waals surface area contributed by atoms with Gasteiger partial charge < -0.3 is 0 Å². The molecule has 0 fully saturated rings. The largest absolute Gasteiger partial charge is 0.0654 e. The summed E-state index contributed by atoms with van der Waals surface area (Å²) < 4.78 is 0. The molecule has 0 spiro atoms. The topological polar surface area (TPSA) is 0 Å². The average molecular weight is 240 g/mol. The smallest absolute Gasteiger partial charge is 0.0354 e. The van der Waals surface area contributed by atoms with E-state index in [1.54, 1.807) is 0 Å². The van der Waals surface area contributed by atoms with Crippen LogP contribution < -0.4 is 0 Å². The molecule has 0 aliphatic carbocycles. The third-order valence-electron chi connectivity index (χ3n) is 3.88. The molecular weight excluding hydrogens is 204 g/mol. The molecule has 0 aliphatic rings. The van der Waals surface area contributed by atoms with E-state index in [2.05, 4.69) is 27.7 Å². The van der Waals surface area contributed by atoms with Crippen LogP contribution in [0.2, 0.25) is 0 Å². The van der Waals surface area contributed by atoms with E-state index in [0.717, 1.165) is 0 Å². The summed E-state index contributed by atoms with van der Waals surface area (Å²) in [7, 11) is 0. The van der Waals surface area contributed by atoms with Crippen molar-refractivity contribution in [2.45, 2.75) is 105 Å². The van der Waals surface area contributed by atoms with Crippen molar-refractivity contribution in [1.29, 1.82) is 0 Å².